The first-order valence-electron chi connectivity index (χ1n) is 9.30. The Morgan fingerprint density at radius 2 is 1.83 bits per heavy atom. The maximum Gasteiger partial charge on any atom is 0.223 e. The summed E-state index contributed by atoms with van der Waals surface area (Å²) in [5, 5.41) is 6.63. The molecular formula is C20H31ClN2O. The molecule has 1 aromatic rings. The second-order valence-corrected chi connectivity index (χ2v) is 7.42. The summed E-state index contributed by atoms with van der Waals surface area (Å²) in [5.74, 6) is 1.59. The standard InChI is InChI=1S/C20H30N2O.ClH/c1-15(18-13-21-14-18)20(23)22-19(17-10-6-3-7-11-17)12-16-8-4-2-5-9-16;/h3,6-7,10-11,15-16,18-19,21H,2,4-5,8-9,12-14H2,1H3,(H,22,23);1H. The van der Waals surface area contributed by atoms with Gasteiger partial charge in [0.2, 0.25) is 5.91 Å². The average Bonchev–Trinajstić information content (AvgIpc) is 2.54. The Morgan fingerprint density at radius 3 is 2.42 bits per heavy atom. The first kappa shape index (κ1) is 19.3. The van der Waals surface area contributed by atoms with Gasteiger partial charge in [0.15, 0.2) is 0 Å². The highest BCUT2D eigenvalue weighted by Crippen LogP contribution is 2.32. The molecule has 0 aromatic heterocycles. The molecule has 2 N–H and O–H groups in total. The molecule has 4 heteroatoms. The summed E-state index contributed by atoms with van der Waals surface area (Å²) in [4.78, 5) is 12.7. The van der Waals surface area contributed by atoms with Crippen molar-refractivity contribution in [1.29, 1.82) is 0 Å². The number of halogens is 1. The molecular weight excluding hydrogens is 320 g/mol. The average molecular weight is 351 g/mol. The molecule has 1 amide bonds. The maximum absolute atomic E-state index is 12.7. The molecule has 24 heavy (non-hydrogen) atoms. The van der Waals surface area contributed by atoms with E-state index in [2.05, 4.69) is 41.8 Å². The summed E-state index contributed by atoms with van der Waals surface area (Å²) in [5.41, 5.74) is 1.25. The van der Waals surface area contributed by atoms with Gasteiger partial charge in [0.1, 0.15) is 0 Å². The van der Waals surface area contributed by atoms with Crippen LogP contribution < -0.4 is 10.6 Å². The van der Waals surface area contributed by atoms with Crippen LogP contribution in [0, 0.1) is 17.8 Å². The van der Waals surface area contributed by atoms with Crippen molar-refractivity contribution in [2.75, 3.05) is 13.1 Å². The third kappa shape index (κ3) is 4.97. The highest BCUT2D eigenvalue weighted by Gasteiger charge is 2.30. The van der Waals surface area contributed by atoms with Crippen molar-refractivity contribution in [3.63, 3.8) is 0 Å². The van der Waals surface area contributed by atoms with Crippen molar-refractivity contribution < 1.29 is 4.79 Å². The molecule has 1 aliphatic carbocycles. The van der Waals surface area contributed by atoms with Gasteiger partial charge in [-0.2, -0.15) is 0 Å². The van der Waals surface area contributed by atoms with Crippen LogP contribution >= 0.6 is 12.4 Å². The normalized spacial score (nSPS) is 21.2. The predicted octanol–water partition coefficient (Wildman–Crippen LogP) is 4.09. The van der Waals surface area contributed by atoms with E-state index in [1.165, 1.54) is 37.7 Å². The fourth-order valence-corrected chi connectivity index (χ4v) is 3.90. The van der Waals surface area contributed by atoms with Crippen molar-refractivity contribution >= 4 is 18.3 Å². The first-order chi connectivity index (χ1) is 11.2. The van der Waals surface area contributed by atoms with E-state index >= 15 is 0 Å². The summed E-state index contributed by atoms with van der Waals surface area (Å²) >= 11 is 0. The second-order valence-electron chi connectivity index (χ2n) is 7.42. The quantitative estimate of drug-likeness (QED) is 0.811. The van der Waals surface area contributed by atoms with Crippen LogP contribution in [0.25, 0.3) is 0 Å². The lowest BCUT2D eigenvalue weighted by Crippen LogP contribution is -2.50. The SMILES string of the molecule is CC(C(=O)NC(CC1CCCCC1)c1ccccc1)C1CNC1.Cl. The molecule has 0 radical (unpaired) electrons. The number of amides is 1. The number of hydrogen-bond donors (Lipinski definition) is 2. The minimum atomic E-state index is 0. The van der Waals surface area contributed by atoms with Crippen molar-refractivity contribution in [3.8, 4) is 0 Å². The molecule has 0 bridgehead atoms. The van der Waals surface area contributed by atoms with E-state index in [0.29, 0.717) is 5.92 Å². The van der Waals surface area contributed by atoms with Gasteiger partial charge in [-0.1, -0.05) is 69.4 Å². The van der Waals surface area contributed by atoms with E-state index in [-0.39, 0.29) is 30.3 Å². The zero-order valence-electron chi connectivity index (χ0n) is 14.7. The van der Waals surface area contributed by atoms with Gasteiger partial charge < -0.3 is 10.6 Å². The van der Waals surface area contributed by atoms with Gasteiger partial charge in [-0.15, -0.1) is 12.4 Å². The maximum atomic E-state index is 12.7. The molecule has 2 unspecified atom stereocenters. The van der Waals surface area contributed by atoms with Crippen molar-refractivity contribution in [2.45, 2.75) is 51.5 Å². The van der Waals surface area contributed by atoms with E-state index in [4.69, 9.17) is 0 Å². The van der Waals surface area contributed by atoms with Gasteiger partial charge in [0, 0.05) is 5.92 Å². The smallest absolute Gasteiger partial charge is 0.223 e. The molecule has 1 aromatic carbocycles. The second kappa shape index (κ2) is 9.43. The Hall–Kier alpha value is -1.06. The summed E-state index contributed by atoms with van der Waals surface area (Å²) in [6.07, 6.45) is 7.81. The van der Waals surface area contributed by atoms with Crippen LogP contribution in [-0.4, -0.2) is 19.0 Å². The number of nitrogens with one attached hydrogen (secondary N) is 2. The molecule has 1 aliphatic heterocycles. The monoisotopic (exact) mass is 350 g/mol. The first-order valence-corrected chi connectivity index (χ1v) is 9.30. The largest absolute Gasteiger partial charge is 0.349 e. The fourth-order valence-electron chi connectivity index (χ4n) is 3.90. The van der Waals surface area contributed by atoms with Gasteiger partial charge in [-0.3, -0.25) is 4.79 Å². The minimum Gasteiger partial charge on any atom is -0.349 e. The van der Waals surface area contributed by atoms with Gasteiger partial charge in [0.25, 0.3) is 0 Å². The van der Waals surface area contributed by atoms with Crippen LogP contribution in [0.2, 0.25) is 0 Å². The van der Waals surface area contributed by atoms with Crippen LogP contribution in [0.4, 0.5) is 0 Å². The number of carbonyl (C=O) groups is 1. The van der Waals surface area contributed by atoms with Gasteiger partial charge in [-0.05, 0) is 36.9 Å². The zero-order valence-corrected chi connectivity index (χ0v) is 15.5. The van der Waals surface area contributed by atoms with Crippen LogP contribution in [-0.2, 0) is 4.79 Å². The highest BCUT2D eigenvalue weighted by atomic mass is 35.5. The van der Waals surface area contributed by atoms with Crippen molar-refractivity contribution in [1.82, 2.24) is 10.6 Å². The topological polar surface area (TPSA) is 41.1 Å². The van der Waals surface area contributed by atoms with Gasteiger partial charge in [-0.25, -0.2) is 0 Å². The molecule has 134 valence electrons. The summed E-state index contributed by atoms with van der Waals surface area (Å²) in [6.45, 7) is 4.03. The molecule has 3 nitrogen and oxygen atoms in total. The minimum absolute atomic E-state index is 0. The van der Waals surface area contributed by atoms with Crippen LogP contribution in [0.5, 0.6) is 0 Å². The fraction of sp³-hybridized carbons (Fsp3) is 0.650. The Balaban J connectivity index is 0.00000208. The molecule has 2 aliphatic rings. The van der Waals surface area contributed by atoms with Gasteiger partial charge >= 0.3 is 0 Å². The summed E-state index contributed by atoms with van der Waals surface area (Å²) in [6, 6.07) is 10.7. The van der Waals surface area contributed by atoms with E-state index in [0.717, 1.165) is 25.4 Å². The number of hydrogen-bond acceptors (Lipinski definition) is 2. The lowest BCUT2D eigenvalue weighted by Gasteiger charge is -2.33. The van der Waals surface area contributed by atoms with Gasteiger partial charge in [0.05, 0.1) is 6.04 Å². The van der Waals surface area contributed by atoms with Crippen LogP contribution in [0.1, 0.15) is 57.1 Å². The predicted molar refractivity (Wildman–Crippen MR) is 101 cm³/mol. The molecule has 0 spiro atoms. The lowest BCUT2D eigenvalue weighted by atomic mass is 9.82. The Kier molecular flexibility index (Phi) is 7.57. The number of benzene rings is 1. The number of carbonyl (C=O) groups excluding carboxylic acids is 1. The van der Waals surface area contributed by atoms with E-state index < -0.39 is 0 Å². The Morgan fingerprint density at radius 1 is 1.17 bits per heavy atom. The Bertz CT molecular complexity index is 498. The molecule has 1 saturated carbocycles. The lowest BCUT2D eigenvalue weighted by molar-refractivity contribution is -0.127. The van der Waals surface area contributed by atoms with Crippen LogP contribution in [0.15, 0.2) is 30.3 Å². The molecule has 1 heterocycles. The highest BCUT2D eigenvalue weighted by molar-refractivity contribution is 5.85. The molecule has 3 rings (SSSR count). The van der Waals surface area contributed by atoms with Crippen molar-refractivity contribution in [3.05, 3.63) is 35.9 Å². The zero-order chi connectivity index (χ0) is 16.1. The van der Waals surface area contributed by atoms with E-state index in [9.17, 15) is 4.79 Å². The number of rotatable bonds is 6. The van der Waals surface area contributed by atoms with Crippen molar-refractivity contribution in [2.24, 2.45) is 17.8 Å². The third-order valence-electron chi connectivity index (χ3n) is 5.75. The van der Waals surface area contributed by atoms with Crippen LogP contribution in [0.3, 0.4) is 0 Å². The van der Waals surface area contributed by atoms with E-state index in [1.807, 2.05) is 6.07 Å². The molecule has 2 fully saturated rings. The van der Waals surface area contributed by atoms with E-state index in [1.54, 1.807) is 0 Å². The summed E-state index contributed by atoms with van der Waals surface area (Å²) < 4.78 is 0. The third-order valence-corrected chi connectivity index (χ3v) is 5.75. The molecule has 2 atom stereocenters. The molecule has 1 saturated heterocycles. The Labute approximate surface area is 152 Å². The summed E-state index contributed by atoms with van der Waals surface area (Å²) in [7, 11) is 0.